The molecule has 1 N–H and O–H groups in total. The molecule has 1 aromatic rings. The summed E-state index contributed by atoms with van der Waals surface area (Å²) in [6.45, 7) is 5.77. The van der Waals surface area contributed by atoms with Gasteiger partial charge in [-0.1, -0.05) is 0 Å². The molecule has 1 aromatic heterocycles. The average molecular weight is 332 g/mol. The Morgan fingerprint density at radius 1 is 1.33 bits per heavy atom. The molecule has 1 saturated carbocycles. The number of hydrogen-bond acceptors (Lipinski definition) is 4. The Morgan fingerprint density at radius 3 is 2.75 bits per heavy atom. The number of aliphatic carboxylic acids is 1. The van der Waals surface area contributed by atoms with Gasteiger partial charge in [0.05, 0.1) is 6.54 Å². The first-order valence-corrected chi connectivity index (χ1v) is 8.78. The number of amides is 1. The zero-order valence-electron chi connectivity index (χ0n) is 14.0. The van der Waals surface area contributed by atoms with Crippen LogP contribution in [0.5, 0.6) is 0 Å². The van der Waals surface area contributed by atoms with Crippen LogP contribution in [-0.2, 0) is 22.7 Å². The molecular formula is C17H24N4O3. The highest BCUT2D eigenvalue weighted by Crippen LogP contribution is 2.45. The number of carbonyl (C=O) groups excluding carboxylic acids is 1. The maximum atomic E-state index is 12.3. The fourth-order valence-corrected chi connectivity index (χ4v) is 4.33. The molecule has 0 unspecified atom stereocenters. The van der Waals surface area contributed by atoms with E-state index in [-0.39, 0.29) is 17.7 Å². The molecule has 0 bridgehead atoms. The van der Waals surface area contributed by atoms with Crippen molar-refractivity contribution in [2.24, 2.45) is 17.3 Å². The van der Waals surface area contributed by atoms with Crippen LogP contribution in [-0.4, -0.2) is 62.5 Å². The SMILES string of the molecule is CCn1ccnc1CN1C[C@@H]2CN(C(=O)C3CC3)C[C@]2(C(=O)O)C1. The van der Waals surface area contributed by atoms with Crippen LogP contribution in [0.2, 0.25) is 0 Å². The normalized spacial score (nSPS) is 29.9. The summed E-state index contributed by atoms with van der Waals surface area (Å²) >= 11 is 0. The zero-order valence-corrected chi connectivity index (χ0v) is 14.0. The number of imidazole rings is 1. The number of carbonyl (C=O) groups is 2. The van der Waals surface area contributed by atoms with E-state index in [1.807, 2.05) is 6.20 Å². The van der Waals surface area contributed by atoms with Crippen LogP contribution in [0.3, 0.4) is 0 Å². The topological polar surface area (TPSA) is 78.7 Å². The molecule has 1 amide bonds. The van der Waals surface area contributed by atoms with Crippen LogP contribution in [0.1, 0.15) is 25.6 Å². The van der Waals surface area contributed by atoms with Crippen molar-refractivity contribution in [2.75, 3.05) is 26.2 Å². The Labute approximate surface area is 141 Å². The molecule has 24 heavy (non-hydrogen) atoms. The number of aromatic nitrogens is 2. The van der Waals surface area contributed by atoms with Crippen molar-refractivity contribution >= 4 is 11.9 Å². The monoisotopic (exact) mass is 332 g/mol. The quantitative estimate of drug-likeness (QED) is 0.857. The van der Waals surface area contributed by atoms with Crippen molar-refractivity contribution in [3.05, 3.63) is 18.2 Å². The van der Waals surface area contributed by atoms with Crippen LogP contribution >= 0.6 is 0 Å². The van der Waals surface area contributed by atoms with Gasteiger partial charge >= 0.3 is 5.97 Å². The van der Waals surface area contributed by atoms with Crippen molar-refractivity contribution < 1.29 is 14.7 Å². The minimum absolute atomic E-state index is 0.0164. The van der Waals surface area contributed by atoms with E-state index in [9.17, 15) is 14.7 Å². The van der Waals surface area contributed by atoms with E-state index < -0.39 is 11.4 Å². The largest absolute Gasteiger partial charge is 0.481 e. The minimum atomic E-state index is -0.811. The van der Waals surface area contributed by atoms with Crippen molar-refractivity contribution in [2.45, 2.75) is 32.9 Å². The molecule has 130 valence electrons. The highest BCUT2D eigenvalue weighted by molar-refractivity contribution is 5.84. The number of likely N-dealkylation sites (tertiary alicyclic amines) is 2. The molecule has 0 spiro atoms. The molecule has 2 saturated heterocycles. The average Bonchev–Trinajstić information content (AvgIpc) is 3.05. The summed E-state index contributed by atoms with van der Waals surface area (Å²) in [5, 5.41) is 9.89. The second-order valence-corrected chi connectivity index (χ2v) is 7.45. The van der Waals surface area contributed by atoms with Crippen molar-refractivity contribution in [3.63, 3.8) is 0 Å². The van der Waals surface area contributed by atoms with E-state index in [4.69, 9.17) is 0 Å². The molecule has 1 aliphatic carbocycles. The molecule has 0 radical (unpaired) electrons. The van der Waals surface area contributed by atoms with Crippen molar-refractivity contribution in [1.29, 1.82) is 0 Å². The summed E-state index contributed by atoms with van der Waals surface area (Å²) < 4.78 is 2.09. The van der Waals surface area contributed by atoms with Crippen molar-refractivity contribution in [3.8, 4) is 0 Å². The van der Waals surface area contributed by atoms with E-state index in [0.29, 0.717) is 26.2 Å². The second-order valence-electron chi connectivity index (χ2n) is 7.45. The molecule has 2 atom stereocenters. The first-order chi connectivity index (χ1) is 11.5. The molecule has 0 aromatic carbocycles. The Balaban J connectivity index is 1.48. The van der Waals surface area contributed by atoms with Gasteiger partial charge in [0.25, 0.3) is 0 Å². The second kappa shape index (κ2) is 5.58. The first-order valence-electron chi connectivity index (χ1n) is 8.78. The van der Waals surface area contributed by atoms with Crippen LogP contribution in [0.4, 0.5) is 0 Å². The zero-order chi connectivity index (χ0) is 16.9. The van der Waals surface area contributed by atoms with E-state index in [0.717, 1.165) is 31.8 Å². The van der Waals surface area contributed by atoms with Gasteiger partial charge in [-0.05, 0) is 19.8 Å². The summed E-state index contributed by atoms with van der Waals surface area (Å²) in [6.07, 6.45) is 5.67. The lowest BCUT2D eigenvalue weighted by Gasteiger charge is -2.25. The van der Waals surface area contributed by atoms with E-state index in [1.165, 1.54) is 0 Å². The third kappa shape index (κ3) is 2.42. The van der Waals surface area contributed by atoms with Gasteiger partial charge in [-0.2, -0.15) is 0 Å². The number of nitrogens with zero attached hydrogens (tertiary/aromatic N) is 4. The highest BCUT2D eigenvalue weighted by atomic mass is 16.4. The summed E-state index contributed by atoms with van der Waals surface area (Å²) in [4.78, 5) is 32.8. The lowest BCUT2D eigenvalue weighted by atomic mass is 9.81. The predicted octanol–water partition coefficient (Wildman–Crippen LogP) is 0.658. The Hall–Kier alpha value is -1.89. The van der Waals surface area contributed by atoms with E-state index >= 15 is 0 Å². The number of rotatable bonds is 5. The predicted molar refractivity (Wildman–Crippen MR) is 86.0 cm³/mol. The number of hydrogen-bond donors (Lipinski definition) is 1. The number of carboxylic acids is 1. The molecular weight excluding hydrogens is 308 g/mol. The van der Waals surface area contributed by atoms with Gasteiger partial charge in [0.2, 0.25) is 5.91 Å². The molecule has 7 nitrogen and oxygen atoms in total. The van der Waals surface area contributed by atoms with Gasteiger partial charge in [0.1, 0.15) is 11.2 Å². The van der Waals surface area contributed by atoms with Gasteiger partial charge in [-0.25, -0.2) is 4.98 Å². The van der Waals surface area contributed by atoms with Crippen LogP contribution in [0.15, 0.2) is 12.4 Å². The van der Waals surface area contributed by atoms with Gasteiger partial charge < -0.3 is 14.6 Å². The van der Waals surface area contributed by atoms with Crippen LogP contribution in [0, 0.1) is 17.3 Å². The standard InChI is InChI=1S/C17H24N4O3/c1-2-20-6-5-18-14(20)9-19-7-13-8-21(15(22)12-3-4-12)11-17(13,10-19)16(23)24/h5-6,12-13H,2-4,7-11H2,1H3,(H,23,24)/t13-,17-/m1/s1. The lowest BCUT2D eigenvalue weighted by Crippen LogP contribution is -2.42. The smallest absolute Gasteiger partial charge is 0.313 e. The van der Waals surface area contributed by atoms with E-state index in [1.54, 1.807) is 11.1 Å². The fourth-order valence-electron chi connectivity index (χ4n) is 4.33. The molecule has 7 heteroatoms. The van der Waals surface area contributed by atoms with E-state index in [2.05, 4.69) is 21.4 Å². The molecule has 4 rings (SSSR count). The molecule has 3 aliphatic rings. The molecule has 2 aliphatic heterocycles. The third-order valence-electron chi connectivity index (χ3n) is 5.85. The summed E-state index contributed by atoms with van der Waals surface area (Å²) in [5.74, 6) is 0.549. The Kier molecular flexibility index (Phi) is 3.63. The summed E-state index contributed by atoms with van der Waals surface area (Å²) in [5.41, 5.74) is -0.811. The Bertz CT molecular complexity index is 669. The third-order valence-corrected chi connectivity index (χ3v) is 5.85. The Morgan fingerprint density at radius 2 is 2.12 bits per heavy atom. The summed E-state index contributed by atoms with van der Waals surface area (Å²) in [6, 6.07) is 0. The highest BCUT2D eigenvalue weighted by Gasteiger charge is 2.59. The maximum Gasteiger partial charge on any atom is 0.313 e. The number of fused-ring (bicyclic) bond motifs is 1. The number of aryl methyl sites for hydroxylation is 1. The first kappa shape index (κ1) is 15.6. The summed E-state index contributed by atoms with van der Waals surface area (Å²) in [7, 11) is 0. The van der Waals surface area contributed by atoms with Gasteiger partial charge in [0.15, 0.2) is 0 Å². The van der Waals surface area contributed by atoms with Gasteiger partial charge in [-0.3, -0.25) is 14.5 Å². The van der Waals surface area contributed by atoms with Gasteiger partial charge in [-0.15, -0.1) is 0 Å². The minimum Gasteiger partial charge on any atom is -0.481 e. The number of carboxylic acid groups (broad SMARTS) is 1. The van der Waals surface area contributed by atoms with Crippen molar-refractivity contribution in [1.82, 2.24) is 19.4 Å². The van der Waals surface area contributed by atoms with Crippen LogP contribution < -0.4 is 0 Å². The lowest BCUT2D eigenvalue weighted by molar-refractivity contribution is -0.149. The van der Waals surface area contributed by atoms with Gasteiger partial charge in [0, 0.05) is 57.0 Å². The maximum absolute atomic E-state index is 12.3. The molecule has 3 heterocycles. The fraction of sp³-hybridized carbons (Fsp3) is 0.706. The van der Waals surface area contributed by atoms with Crippen LogP contribution in [0.25, 0.3) is 0 Å². The molecule has 3 fully saturated rings.